The minimum Gasteiger partial charge on any atom is -0.493 e. The molecule has 3 aromatic rings. The second-order valence-electron chi connectivity index (χ2n) is 7.59. The van der Waals surface area contributed by atoms with Gasteiger partial charge >= 0.3 is 5.97 Å². The number of benzene rings is 3. The van der Waals surface area contributed by atoms with Gasteiger partial charge in [-0.05, 0) is 60.2 Å². The van der Waals surface area contributed by atoms with Crippen molar-refractivity contribution in [2.75, 3.05) is 17.7 Å². The molecule has 36 heavy (non-hydrogen) atoms. The van der Waals surface area contributed by atoms with E-state index in [4.69, 9.17) is 9.47 Å². The summed E-state index contributed by atoms with van der Waals surface area (Å²) in [6, 6.07) is 19.7. The van der Waals surface area contributed by atoms with Gasteiger partial charge in [0.05, 0.1) is 7.11 Å². The molecule has 3 aromatic carbocycles. The highest BCUT2D eigenvalue weighted by molar-refractivity contribution is 6.10. The van der Waals surface area contributed by atoms with E-state index < -0.39 is 17.8 Å². The first-order valence-corrected chi connectivity index (χ1v) is 10.9. The van der Waals surface area contributed by atoms with Crippen LogP contribution in [0, 0.1) is 0 Å². The zero-order valence-electron chi connectivity index (χ0n) is 20.0. The number of esters is 1. The minimum atomic E-state index is -0.574. The average molecular weight is 488 g/mol. The number of anilines is 2. The predicted octanol–water partition coefficient (Wildman–Crippen LogP) is 3.99. The monoisotopic (exact) mass is 487 g/mol. The zero-order chi connectivity index (χ0) is 26.1. The average Bonchev–Trinajstić information content (AvgIpc) is 2.85. The maximum atomic E-state index is 13.1. The predicted molar refractivity (Wildman–Crippen MR) is 136 cm³/mol. The number of hydrogen-bond donors (Lipinski definition) is 3. The van der Waals surface area contributed by atoms with Gasteiger partial charge in [-0.3, -0.25) is 19.2 Å². The van der Waals surface area contributed by atoms with E-state index in [1.54, 1.807) is 66.7 Å². The van der Waals surface area contributed by atoms with E-state index in [2.05, 4.69) is 16.0 Å². The Morgan fingerprint density at radius 1 is 0.778 bits per heavy atom. The molecule has 3 N–H and O–H groups in total. The summed E-state index contributed by atoms with van der Waals surface area (Å²) in [4.78, 5) is 48.5. The van der Waals surface area contributed by atoms with E-state index in [-0.39, 0.29) is 23.1 Å². The van der Waals surface area contributed by atoms with Gasteiger partial charge in [0.2, 0.25) is 5.91 Å². The topological polar surface area (TPSA) is 123 Å². The molecule has 3 amide bonds. The summed E-state index contributed by atoms with van der Waals surface area (Å²) in [5.41, 5.74) is 1.89. The van der Waals surface area contributed by atoms with Gasteiger partial charge in [0.25, 0.3) is 11.8 Å². The highest BCUT2D eigenvalue weighted by Crippen LogP contribution is 2.29. The Balaban J connectivity index is 1.90. The third-order valence-corrected chi connectivity index (χ3v) is 4.74. The molecule has 184 valence electrons. The van der Waals surface area contributed by atoms with Gasteiger partial charge < -0.3 is 25.4 Å². The van der Waals surface area contributed by atoms with Crippen LogP contribution in [0.15, 0.2) is 78.5 Å². The van der Waals surface area contributed by atoms with Crippen LogP contribution in [0.2, 0.25) is 0 Å². The molecule has 0 unspecified atom stereocenters. The standard InChI is InChI=1S/C27H25N3O6/c1-17(31)28-21-10-12-22(13-11-21)29-27(34)23(30-26(33)20-7-5-4-6-8-20)15-19-9-14-24(36-18(2)32)25(16-19)35-3/h4-16H,1-3H3,(H,28,31)(H,29,34)(H,30,33). The molecule has 0 fully saturated rings. The Hall–Kier alpha value is -4.92. The fourth-order valence-electron chi connectivity index (χ4n) is 3.16. The van der Waals surface area contributed by atoms with Gasteiger partial charge in [-0.1, -0.05) is 24.3 Å². The van der Waals surface area contributed by atoms with Crippen LogP contribution in [-0.4, -0.2) is 30.8 Å². The molecule has 9 heteroatoms. The molecule has 0 heterocycles. The van der Waals surface area contributed by atoms with Crippen LogP contribution in [0.25, 0.3) is 6.08 Å². The first-order chi connectivity index (χ1) is 17.2. The van der Waals surface area contributed by atoms with Crippen molar-refractivity contribution in [3.63, 3.8) is 0 Å². The van der Waals surface area contributed by atoms with E-state index in [0.29, 0.717) is 22.5 Å². The number of ether oxygens (including phenoxy) is 2. The number of carbonyl (C=O) groups excluding carboxylic acids is 4. The molecule has 0 saturated heterocycles. The summed E-state index contributed by atoms with van der Waals surface area (Å²) < 4.78 is 10.4. The molecular weight excluding hydrogens is 462 g/mol. The minimum absolute atomic E-state index is 0.0305. The molecular formula is C27H25N3O6. The van der Waals surface area contributed by atoms with Crippen LogP contribution in [0.1, 0.15) is 29.8 Å². The Bertz CT molecular complexity index is 1300. The Morgan fingerprint density at radius 2 is 1.42 bits per heavy atom. The SMILES string of the molecule is COc1cc(C=C(NC(=O)c2ccccc2)C(=O)Nc2ccc(NC(C)=O)cc2)ccc1OC(C)=O. The van der Waals surface area contributed by atoms with Crippen molar-refractivity contribution in [3.05, 3.63) is 89.6 Å². The van der Waals surface area contributed by atoms with Crippen molar-refractivity contribution in [1.82, 2.24) is 5.32 Å². The summed E-state index contributed by atoms with van der Waals surface area (Å²) in [5, 5.41) is 8.03. The summed E-state index contributed by atoms with van der Waals surface area (Å²) in [7, 11) is 1.42. The lowest BCUT2D eigenvalue weighted by molar-refractivity contribution is -0.132. The largest absolute Gasteiger partial charge is 0.493 e. The lowest BCUT2D eigenvalue weighted by atomic mass is 10.1. The molecule has 0 aliphatic carbocycles. The van der Waals surface area contributed by atoms with Gasteiger partial charge in [0, 0.05) is 30.8 Å². The van der Waals surface area contributed by atoms with Crippen LogP contribution in [0.4, 0.5) is 11.4 Å². The third kappa shape index (κ3) is 7.29. The van der Waals surface area contributed by atoms with E-state index in [1.807, 2.05) is 0 Å². The van der Waals surface area contributed by atoms with Gasteiger partial charge in [-0.15, -0.1) is 0 Å². The molecule has 3 rings (SSSR count). The lowest BCUT2D eigenvalue weighted by Crippen LogP contribution is -2.30. The quantitative estimate of drug-likeness (QED) is 0.251. The molecule has 9 nitrogen and oxygen atoms in total. The highest BCUT2D eigenvalue weighted by atomic mass is 16.6. The Kier molecular flexibility index (Phi) is 8.55. The maximum Gasteiger partial charge on any atom is 0.308 e. The highest BCUT2D eigenvalue weighted by Gasteiger charge is 2.16. The lowest BCUT2D eigenvalue weighted by Gasteiger charge is -2.13. The number of hydrogen-bond acceptors (Lipinski definition) is 6. The van der Waals surface area contributed by atoms with Crippen molar-refractivity contribution in [2.24, 2.45) is 0 Å². The molecule has 0 bridgehead atoms. The molecule has 0 aliphatic rings. The molecule has 0 atom stereocenters. The van der Waals surface area contributed by atoms with Crippen molar-refractivity contribution >= 4 is 41.1 Å². The molecule has 0 aromatic heterocycles. The number of amides is 3. The Labute approximate surface area is 208 Å². The second-order valence-corrected chi connectivity index (χ2v) is 7.59. The van der Waals surface area contributed by atoms with Crippen LogP contribution < -0.4 is 25.4 Å². The van der Waals surface area contributed by atoms with Gasteiger partial charge in [-0.2, -0.15) is 0 Å². The summed E-state index contributed by atoms with van der Waals surface area (Å²) in [6.07, 6.45) is 1.47. The van der Waals surface area contributed by atoms with E-state index in [0.717, 1.165) is 0 Å². The van der Waals surface area contributed by atoms with Gasteiger partial charge in [0.15, 0.2) is 11.5 Å². The van der Waals surface area contributed by atoms with Crippen molar-refractivity contribution in [2.45, 2.75) is 13.8 Å². The van der Waals surface area contributed by atoms with Crippen molar-refractivity contribution < 1.29 is 28.7 Å². The number of methoxy groups -OCH3 is 1. The number of rotatable bonds is 8. The fraction of sp³-hybridized carbons (Fsp3) is 0.111. The Morgan fingerprint density at radius 3 is 2.00 bits per heavy atom. The number of nitrogens with one attached hydrogen (secondary N) is 3. The van der Waals surface area contributed by atoms with Gasteiger partial charge in [-0.25, -0.2) is 0 Å². The number of carbonyl (C=O) groups is 4. The molecule has 0 saturated carbocycles. The first kappa shape index (κ1) is 25.7. The normalized spacial score (nSPS) is 10.7. The zero-order valence-corrected chi connectivity index (χ0v) is 20.0. The first-order valence-electron chi connectivity index (χ1n) is 10.9. The van der Waals surface area contributed by atoms with E-state index in [9.17, 15) is 19.2 Å². The molecule has 0 spiro atoms. The van der Waals surface area contributed by atoms with Crippen molar-refractivity contribution in [1.29, 1.82) is 0 Å². The third-order valence-electron chi connectivity index (χ3n) is 4.74. The van der Waals surface area contributed by atoms with Crippen LogP contribution in [-0.2, 0) is 14.4 Å². The molecule has 0 radical (unpaired) electrons. The summed E-state index contributed by atoms with van der Waals surface area (Å²) in [6.45, 7) is 2.67. The van der Waals surface area contributed by atoms with Crippen LogP contribution in [0.3, 0.4) is 0 Å². The maximum absolute atomic E-state index is 13.1. The molecule has 0 aliphatic heterocycles. The second kappa shape index (κ2) is 12.0. The van der Waals surface area contributed by atoms with E-state index >= 15 is 0 Å². The van der Waals surface area contributed by atoms with Gasteiger partial charge in [0.1, 0.15) is 5.70 Å². The summed E-state index contributed by atoms with van der Waals surface area (Å²) in [5.74, 6) is -1.26. The van der Waals surface area contributed by atoms with Crippen LogP contribution in [0.5, 0.6) is 11.5 Å². The van der Waals surface area contributed by atoms with Crippen molar-refractivity contribution in [3.8, 4) is 11.5 Å². The fourth-order valence-corrected chi connectivity index (χ4v) is 3.16. The smallest absolute Gasteiger partial charge is 0.308 e. The van der Waals surface area contributed by atoms with E-state index in [1.165, 1.54) is 33.1 Å². The van der Waals surface area contributed by atoms with Crippen LogP contribution >= 0.6 is 0 Å². The summed E-state index contributed by atoms with van der Waals surface area (Å²) >= 11 is 0.